The number of rotatable bonds is 13. The molecule has 2 aromatic rings. The highest BCUT2D eigenvalue weighted by Gasteiger charge is 2.16. The Hall–Kier alpha value is -3.79. The highest BCUT2D eigenvalue weighted by Crippen LogP contribution is 2.37. The Morgan fingerprint density at radius 2 is 1.26 bits per heavy atom. The van der Waals surface area contributed by atoms with Crippen LogP contribution in [0.3, 0.4) is 0 Å². The lowest BCUT2D eigenvalue weighted by Gasteiger charge is -2.14. The van der Waals surface area contributed by atoms with Crippen LogP contribution >= 0.6 is 0 Å². The van der Waals surface area contributed by atoms with E-state index in [0.717, 1.165) is 25.7 Å². The van der Waals surface area contributed by atoms with Gasteiger partial charge in [0.2, 0.25) is 0 Å². The number of benzene rings is 2. The lowest BCUT2D eigenvalue weighted by atomic mass is 9.95. The highest BCUT2D eigenvalue weighted by atomic mass is 16.3. The van der Waals surface area contributed by atoms with Crippen molar-refractivity contribution >= 4 is 11.9 Å². The zero-order valence-electron chi connectivity index (χ0n) is 24.3. The number of hydrogen-bond acceptors (Lipinski definition) is 4. The average molecular weight is 529 g/mol. The van der Waals surface area contributed by atoms with E-state index in [1.165, 1.54) is 40.5 Å². The topological polar surface area (TPSA) is 77.8 Å². The summed E-state index contributed by atoms with van der Waals surface area (Å²) in [6.45, 7) is 12.5. The van der Waals surface area contributed by atoms with Crippen LogP contribution in [-0.2, 0) is 12.8 Å². The normalized spacial score (nSPS) is 12.1. The Bertz CT molecular complexity index is 1280. The van der Waals surface area contributed by atoms with Crippen LogP contribution in [0.4, 0.5) is 0 Å². The van der Waals surface area contributed by atoms with Crippen molar-refractivity contribution < 1.29 is 20.1 Å². The van der Waals surface area contributed by atoms with Gasteiger partial charge in [-0.25, -0.2) is 0 Å². The van der Waals surface area contributed by atoms with Crippen molar-refractivity contribution in [2.45, 2.75) is 80.1 Å². The standard InChI is InChI=1S/C35H44O4/c1-24(2)9-7-11-26(5)13-15-29-23-30(18-22-33(37)28-16-19-31(36)20-17-28)35(39)32(34(29)38)21-14-27(6)12-8-10-25(3)4/h9-10,13-14,16-20,22-23,36,38-39H,7-8,11-12,15,21H2,1-6H3/b22-18+,26-13+,27-14+. The van der Waals surface area contributed by atoms with Crippen molar-refractivity contribution in [2.75, 3.05) is 0 Å². The molecule has 0 fully saturated rings. The molecule has 2 rings (SSSR count). The van der Waals surface area contributed by atoms with Crippen molar-refractivity contribution in [2.24, 2.45) is 0 Å². The third-order valence-corrected chi connectivity index (χ3v) is 6.55. The first-order chi connectivity index (χ1) is 18.5. The summed E-state index contributed by atoms with van der Waals surface area (Å²) in [5.41, 5.74) is 7.09. The van der Waals surface area contributed by atoms with Gasteiger partial charge >= 0.3 is 0 Å². The number of phenols is 3. The fourth-order valence-electron chi connectivity index (χ4n) is 4.11. The van der Waals surface area contributed by atoms with E-state index in [4.69, 9.17) is 0 Å². The van der Waals surface area contributed by atoms with E-state index in [-0.39, 0.29) is 23.0 Å². The largest absolute Gasteiger partial charge is 0.508 e. The summed E-state index contributed by atoms with van der Waals surface area (Å²) in [5.74, 6) is -0.0789. The molecule has 4 heteroatoms. The number of aromatic hydroxyl groups is 3. The summed E-state index contributed by atoms with van der Waals surface area (Å²) >= 11 is 0. The van der Waals surface area contributed by atoms with E-state index < -0.39 is 0 Å². The SMILES string of the molecule is CC(C)=CCC/C(C)=C/Cc1cc(/C=C/C(=O)c2ccc(O)cc2)c(O)c(C/C=C(\C)CCC=C(C)C)c1O. The van der Waals surface area contributed by atoms with Gasteiger partial charge in [-0.3, -0.25) is 4.79 Å². The van der Waals surface area contributed by atoms with Crippen molar-refractivity contribution in [3.05, 3.63) is 105 Å². The first-order valence-corrected chi connectivity index (χ1v) is 13.6. The van der Waals surface area contributed by atoms with Gasteiger partial charge in [-0.2, -0.15) is 0 Å². The predicted molar refractivity (Wildman–Crippen MR) is 163 cm³/mol. The molecule has 0 aliphatic heterocycles. The summed E-state index contributed by atoms with van der Waals surface area (Å²) in [4.78, 5) is 12.7. The fourth-order valence-corrected chi connectivity index (χ4v) is 4.11. The number of hydrogen-bond donors (Lipinski definition) is 3. The molecule has 0 amide bonds. The van der Waals surface area contributed by atoms with Crippen LogP contribution in [0.25, 0.3) is 6.08 Å². The number of phenolic OH excluding ortho intramolecular Hbond substituents is 3. The molecule has 0 aliphatic rings. The van der Waals surface area contributed by atoms with Crippen molar-refractivity contribution in [3.8, 4) is 17.2 Å². The Morgan fingerprint density at radius 1 is 0.718 bits per heavy atom. The molecule has 0 bridgehead atoms. The monoisotopic (exact) mass is 528 g/mol. The fraction of sp³-hybridized carbons (Fsp3) is 0.343. The van der Waals surface area contributed by atoms with Gasteiger partial charge in [0.15, 0.2) is 5.78 Å². The summed E-state index contributed by atoms with van der Waals surface area (Å²) in [7, 11) is 0. The molecule has 39 heavy (non-hydrogen) atoms. The van der Waals surface area contributed by atoms with E-state index in [1.807, 2.05) is 6.08 Å². The van der Waals surface area contributed by atoms with Crippen LogP contribution < -0.4 is 0 Å². The lowest BCUT2D eigenvalue weighted by molar-refractivity contribution is 0.104. The lowest BCUT2D eigenvalue weighted by Crippen LogP contribution is -1.96. The van der Waals surface area contributed by atoms with Gasteiger partial charge in [0.1, 0.15) is 17.2 Å². The highest BCUT2D eigenvalue weighted by molar-refractivity contribution is 6.07. The number of carbonyl (C=O) groups is 1. The molecule has 0 saturated carbocycles. The van der Waals surface area contributed by atoms with Gasteiger partial charge in [0.25, 0.3) is 0 Å². The molecular weight excluding hydrogens is 484 g/mol. The summed E-state index contributed by atoms with van der Waals surface area (Å²) in [5, 5.41) is 31.7. The molecule has 2 aromatic carbocycles. The average Bonchev–Trinajstić information content (AvgIpc) is 2.87. The molecule has 4 nitrogen and oxygen atoms in total. The number of ketones is 1. The van der Waals surface area contributed by atoms with Crippen molar-refractivity contribution in [3.63, 3.8) is 0 Å². The first kappa shape index (κ1) is 31.4. The predicted octanol–water partition coefficient (Wildman–Crippen LogP) is 9.17. The number of allylic oxidation sites excluding steroid dienone is 9. The first-order valence-electron chi connectivity index (χ1n) is 13.6. The summed E-state index contributed by atoms with van der Waals surface area (Å²) < 4.78 is 0. The molecular formula is C35H44O4. The Morgan fingerprint density at radius 3 is 1.79 bits per heavy atom. The van der Waals surface area contributed by atoms with E-state index >= 15 is 0 Å². The van der Waals surface area contributed by atoms with Gasteiger partial charge in [-0.1, -0.05) is 46.6 Å². The Kier molecular flexibility index (Phi) is 12.6. The van der Waals surface area contributed by atoms with E-state index in [9.17, 15) is 20.1 Å². The second-order valence-electron chi connectivity index (χ2n) is 10.7. The third-order valence-electron chi connectivity index (χ3n) is 6.55. The second kappa shape index (κ2) is 15.6. The van der Waals surface area contributed by atoms with Gasteiger partial charge in [-0.15, -0.1) is 0 Å². The molecule has 0 atom stereocenters. The van der Waals surface area contributed by atoms with Crippen molar-refractivity contribution in [1.29, 1.82) is 0 Å². The van der Waals surface area contributed by atoms with Crippen LogP contribution in [0.2, 0.25) is 0 Å². The van der Waals surface area contributed by atoms with Gasteiger partial charge < -0.3 is 15.3 Å². The molecule has 0 spiro atoms. The summed E-state index contributed by atoms with van der Waals surface area (Å²) in [6, 6.07) is 7.80. The Balaban J connectivity index is 2.39. The second-order valence-corrected chi connectivity index (χ2v) is 10.7. The smallest absolute Gasteiger partial charge is 0.185 e. The molecule has 0 aromatic heterocycles. The quantitative estimate of drug-likeness (QED) is 0.138. The van der Waals surface area contributed by atoms with Gasteiger partial charge in [-0.05, 0) is 128 Å². The maximum atomic E-state index is 12.7. The van der Waals surface area contributed by atoms with Crippen LogP contribution in [0.5, 0.6) is 17.2 Å². The molecule has 0 aliphatic carbocycles. The van der Waals surface area contributed by atoms with Crippen LogP contribution in [0.15, 0.2) is 83.0 Å². The van der Waals surface area contributed by atoms with Gasteiger partial charge in [0, 0.05) is 16.7 Å². The molecule has 3 N–H and O–H groups in total. The van der Waals surface area contributed by atoms with Gasteiger partial charge in [0.05, 0.1) is 0 Å². The molecule has 0 heterocycles. The summed E-state index contributed by atoms with van der Waals surface area (Å²) in [6.07, 6.45) is 16.3. The zero-order chi connectivity index (χ0) is 28.9. The maximum absolute atomic E-state index is 12.7. The van der Waals surface area contributed by atoms with Crippen LogP contribution in [0.1, 0.15) is 94.3 Å². The third kappa shape index (κ3) is 10.8. The minimum atomic E-state index is -0.240. The van der Waals surface area contributed by atoms with Crippen LogP contribution in [-0.4, -0.2) is 21.1 Å². The maximum Gasteiger partial charge on any atom is 0.185 e. The molecule has 0 radical (unpaired) electrons. The van der Waals surface area contributed by atoms with E-state index in [2.05, 4.69) is 59.8 Å². The van der Waals surface area contributed by atoms with E-state index in [0.29, 0.717) is 35.1 Å². The van der Waals surface area contributed by atoms with E-state index in [1.54, 1.807) is 24.3 Å². The number of carbonyl (C=O) groups excluding carboxylic acids is 1. The zero-order valence-corrected chi connectivity index (χ0v) is 24.3. The minimum absolute atomic E-state index is 0.0244. The van der Waals surface area contributed by atoms with Crippen LogP contribution in [0, 0.1) is 0 Å². The Labute approximate surface area is 234 Å². The molecule has 0 unspecified atom stereocenters. The molecule has 0 saturated heterocycles. The van der Waals surface area contributed by atoms with Crippen molar-refractivity contribution in [1.82, 2.24) is 0 Å². The molecule has 208 valence electrons. The minimum Gasteiger partial charge on any atom is -0.508 e.